The summed E-state index contributed by atoms with van der Waals surface area (Å²) < 4.78 is 0. The van der Waals surface area contributed by atoms with Gasteiger partial charge in [0.15, 0.2) is 5.17 Å². The predicted octanol–water partition coefficient (Wildman–Crippen LogP) is 2.45. The predicted molar refractivity (Wildman–Crippen MR) is 61.0 cm³/mol. The van der Waals surface area contributed by atoms with Crippen LogP contribution in [0.25, 0.3) is 0 Å². The van der Waals surface area contributed by atoms with Crippen molar-refractivity contribution in [2.24, 2.45) is 4.99 Å². The molecule has 0 aliphatic heterocycles. The quantitative estimate of drug-likeness (QED) is 0.560. The number of hydrogen-bond acceptors (Lipinski definition) is 4. The lowest BCUT2D eigenvalue weighted by molar-refractivity contribution is 0.546. The number of thiazole rings is 1. The van der Waals surface area contributed by atoms with Gasteiger partial charge in [-0.15, -0.1) is 11.3 Å². The van der Waals surface area contributed by atoms with Crippen molar-refractivity contribution >= 4 is 33.4 Å². The molecule has 1 heterocycles. The zero-order valence-electron chi connectivity index (χ0n) is 8.02. The average Bonchev–Trinajstić information content (AvgIpc) is 2.65. The van der Waals surface area contributed by atoms with Gasteiger partial charge in [0, 0.05) is 25.2 Å². The first-order valence-corrected chi connectivity index (χ1v) is 6.11. The second-order valence-electron chi connectivity index (χ2n) is 2.43. The van der Waals surface area contributed by atoms with Gasteiger partial charge in [-0.1, -0.05) is 11.8 Å². The van der Waals surface area contributed by atoms with E-state index in [-0.39, 0.29) is 0 Å². The van der Waals surface area contributed by atoms with Gasteiger partial charge in [-0.25, -0.2) is 4.98 Å². The van der Waals surface area contributed by atoms with E-state index in [0.717, 1.165) is 16.8 Å². The van der Waals surface area contributed by atoms with Gasteiger partial charge in [-0.3, -0.25) is 0 Å². The number of hydrogen-bond donors (Lipinski definition) is 0. The zero-order chi connectivity index (χ0) is 9.68. The summed E-state index contributed by atoms with van der Waals surface area (Å²) in [6.45, 7) is 3.07. The highest BCUT2D eigenvalue weighted by molar-refractivity contribution is 8.13. The minimum Gasteiger partial charge on any atom is -0.354 e. The molecule has 1 rings (SSSR count). The largest absolute Gasteiger partial charge is 0.354 e. The molecule has 1 aromatic rings. The molecular formula is C8H13N3S2. The van der Waals surface area contributed by atoms with Crippen LogP contribution in [0, 0.1) is 0 Å². The fraction of sp³-hybridized carbons (Fsp3) is 0.500. The van der Waals surface area contributed by atoms with E-state index in [1.165, 1.54) is 0 Å². The Labute approximate surface area is 86.9 Å². The van der Waals surface area contributed by atoms with Crippen LogP contribution in [-0.4, -0.2) is 34.9 Å². The third-order valence-corrected chi connectivity index (χ3v) is 3.03. The molecular weight excluding hydrogens is 202 g/mol. The second-order valence-corrected chi connectivity index (χ2v) is 4.07. The van der Waals surface area contributed by atoms with Gasteiger partial charge >= 0.3 is 0 Å². The molecule has 5 heteroatoms. The maximum absolute atomic E-state index is 4.42. The summed E-state index contributed by atoms with van der Waals surface area (Å²) in [6, 6.07) is 0. The van der Waals surface area contributed by atoms with E-state index in [1.54, 1.807) is 29.3 Å². The minimum atomic E-state index is 0.824. The van der Waals surface area contributed by atoms with Crippen LogP contribution in [0.1, 0.15) is 6.92 Å². The maximum Gasteiger partial charge on any atom is 0.211 e. The van der Waals surface area contributed by atoms with Gasteiger partial charge in [0.1, 0.15) is 0 Å². The van der Waals surface area contributed by atoms with E-state index >= 15 is 0 Å². The van der Waals surface area contributed by atoms with E-state index in [4.69, 9.17) is 0 Å². The molecule has 72 valence electrons. The summed E-state index contributed by atoms with van der Waals surface area (Å²) >= 11 is 3.20. The smallest absolute Gasteiger partial charge is 0.211 e. The summed E-state index contributed by atoms with van der Waals surface area (Å²) in [5.41, 5.74) is 0. The lowest BCUT2D eigenvalue weighted by Crippen LogP contribution is -2.23. The Morgan fingerprint density at radius 1 is 1.77 bits per heavy atom. The summed E-state index contributed by atoms with van der Waals surface area (Å²) in [6.07, 6.45) is 3.80. The third kappa shape index (κ3) is 3.00. The van der Waals surface area contributed by atoms with Crippen LogP contribution in [-0.2, 0) is 0 Å². The Bertz CT molecular complexity index is 269. The van der Waals surface area contributed by atoms with Crippen LogP contribution in [0.2, 0.25) is 0 Å². The SMILES string of the molecule is CCN(C)C(=Nc1nccs1)SC. The Kier molecular flexibility index (Phi) is 4.24. The molecule has 0 spiro atoms. The van der Waals surface area contributed by atoms with Crippen LogP contribution in [0.4, 0.5) is 5.13 Å². The third-order valence-electron chi connectivity index (χ3n) is 1.59. The zero-order valence-corrected chi connectivity index (χ0v) is 9.65. The molecule has 0 aliphatic carbocycles. The van der Waals surface area contributed by atoms with E-state index in [2.05, 4.69) is 21.8 Å². The molecule has 3 nitrogen and oxygen atoms in total. The number of nitrogens with zero attached hydrogens (tertiary/aromatic N) is 3. The van der Waals surface area contributed by atoms with Crippen LogP contribution in [0.3, 0.4) is 0 Å². The Morgan fingerprint density at radius 2 is 2.54 bits per heavy atom. The van der Waals surface area contributed by atoms with Crippen molar-refractivity contribution in [1.82, 2.24) is 9.88 Å². The van der Waals surface area contributed by atoms with Crippen LogP contribution in [0.5, 0.6) is 0 Å². The van der Waals surface area contributed by atoms with Crippen LogP contribution < -0.4 is 0 Å². The number of amidine groups is 1. The monoisotopic (exact) mass is 215 g/mol. The van der Waals surface area contributed by atoms with Gasteiger partial charge in [0.05, 0.1) is 0 Å². The molecule has 13 heavy (non-hydrogen) atoms. The highest BCUT2D eigenvalue weighted by Gasteiger charge is 2.03. The van der Waals surface area contributed by atoms with Crippen molar-refractivity contribution in [1.29, 1.82) is 0 Å². The lowest BCUT2D eigenvalue weighted by Gasteiger charge is -2.16. The Morgan fingerprint density at radius 3 is 3.00 bits per heavy atom. The van der Waals surface area contributed by atoms with Gasteiger partial charge < -0.3 is 4.90 Å². The highest BCUT2D eigenvalue weighted by atomic mass is 32.2. The number of aliphatic imine (C=N–C) groups is 1. The molecule has 0 amide bonds. The first-order chi connectivity index (χ1) is 6.27. The molecule has 0 saturated carbocycles. The molecule has 0 aromatic carbocycles. The molecule has 0 aliphatic rings. The number of thioether (sulfide) groups is 1. The normalized spacial score (nSPS) is 11.8. The molecule has 0 atom stereocenters. The second kappa shape index (κ2) is 5.24. The molecule has 1 aromatic heterocycles. The van der Waals surface area contributed by atoms with Crippen molar-refractivity contribution in [3.63, 3.8) is 0 Å². The number of aromatic nitrogens is 1. The van der Waals surface area contributed by atoms with E-state index in [9.17, 15) is 0 Å². The van der Waals surface area contributed by atoms with E-state index in [1.807, 2.05) is 18.7 Å². The van der Waals surface area contributed by atoms with Crippen molar-refractivity contribution in [3.05, 3.63) is 11.6 Å². The maximum atomic E-state index is 4.42. The minimum absolute atomic E-state index is 0.824. The van der Waals surface area contributed by atoms with Crippen molar-refractivity contribution in [3.8, 4) is 0 Å². The summed E-state index contributed by atoms with van der Waals surface area (Å²) in [4.78, 5) is 10.6. The topological polar surface area (TPSA) is 28.5 Å². The highest BCUT2D eigenvalue weighted by Crippen LogP contribution is 2.17. The van der Waals surface area contributed by atoms with Crippen LogP contribution in [0.15, 0.2) is 16.6 Å². The van der Waals surface area contributed by atoms with Crippen molar-refractivity contribution in [2.75, 3.05) is 19.8 Å². The fourth-order valence-electron chi connectivity index (χ4n) is 0.775. The first kappa shape index (κ1) is 10.5. The van der Waals surface area contributed by atoms with Gasteiger partial charge in [0.2, 0.25) is 5.13 Å². The van der Waals surface area contributed by atoms with Crippen molar-refractivity contribution < 1.29 is 0 Å². The van der Waals surface area contributed by atoms with Gasteiger partial charge in [-0.2, -0.15) is 4.99 Å². The molecule has 0 radical (unpaired) electrons. The van der Waals surface area contributed by atoms with Gasteiger partial charge in [0.25, 0.3) is 0 Å². The molecule has 0 bridgehead atoms. The number of rotatable bonds is 2. The molecule has 0 saturated heterocycles. The standard InChI is InChI=1S/C8H13N3S2/c1-4-11(2)8(12-3)10-7-9-5-6-13-7/h5-6H,4H2,1-3H3. The van der Waals surface area contributed by atoms with E-state index < -0.39 is 0 Å². The van der Waals surface area contributed by atoms with Crippen LogP contribution >= 0.6 is 23.1 Å². The summed E-state index contributed by atoms with van der Waals surface area (Å²) in [7, 11) is 2.03. The molecule has 0 N–H and O–H groups in total. The Hall–Kier alpha value is -0.550. The summed E-state index contributed by atoms with van der Waals surface area (Å²) in [5, 5.41) is 3.77. The molecule has 0 fully saturated rings. The Balaban J connectivity index is 2.76. The van der Waals surface area contributed by atoms with Crippen molar-refractivity contribution in [2.45, 2.75) is 6.92 Å². The average molecular weight is 215 g/mol. The fourth-order valence-corrected chi connectivity index (χ4v) is 1.96. The first-order valence-electron chi connectivity index (χ1n) is 4.01. The summed E-state index contributed by atoms with van der Waals surface area (Å²) in [5.74, 6) is 0. The van der Waals surface area contributed by atoms with Gasteiger partial charge in [-0.05, 0) is 13.2 Å². The lowest BCUT2D eigenvalue weighted by atomic mass is 10.7. The molecule has 0 unspecified atom stereocenters. The van der Waals surface area contributed by atoms with E-state index in [0.29, 0.717) is 0 Å².